The van der Waals surface area contributed by atoms with Gasteiger partial charge in [-0.1, -0.05) is 66.2 Å². The monoisotopic (exact) mass is 439 g/mol. The highest BCUT2D eigenvalue weighted by molar-refractivity contribution is 5.94. The lowest BCUT2D eigenvalue weighted by atomic mass is 10.0. The Morgan fingerprint density at radius 2 is 1.64 bits per heavy atom. The van der Waals surface area contributed by atoms with Crippen molar-refractivity contribution in [2.75, 3.05) is 12.4 Å². The van der Waals surface area contributed by atoms with Gasteiger partial charge in [0.05, 0.1) is 7.11 Å². The molecule has 0 spiro atoms. The molecule has 0 aliphatic heterocycles. The number of nitrogens with zero attached hydrogens (tertiary/aromatic N) is 2. The molecule has 3 aromatic carbocycles. The second kappa shape index (κ2) is 10.4. The van der Waals surface area contributed by atoms with Crippen LogP contribution in [0.1, 0.15) is 27.0 Å². The average Bonchev–Trinajstić information content (AvgIpc) is 2.87. The number of methoxy groups -OCH3 is 1. The van der Waals surface area contributed by atoms with E-state index < -0.39 is 5.97 Å². The lowest BCUT2D eigenvalue weighted by molar-refractivity contribution is 0.0595. The van der Waals surface area contributed by atoms with Crippen molar-refractivity contribution in [3.8, 4) is 16.9 Å². The van der Waals surface area contributed by atoms with E-state index in [0.29, 0.717) is 30.4 Å². The molecule has 0 aliphatic carbocycles. The smallest absolute Gasteiger partial charge is 0.341 e. The van der Waals surface area contributed by atoms with Gasteiger partial charge in [0.25, 0.3) is 0 Å². The number of carbonyl (C=O) groups excluding carboxylic acids is 1. The summed E-state index contributed by atoms with van der Waals surface area (Å²) in [6.07, 6.45) is 3.46. The van der Waals surface area contributed by atoms with Gasteiger partial charge >= 0.3 is 5.97 Å². The van der Waals surface area contributed by atoms with E-state index in [1.807, 2.05) is 42.5 Å². The molecule has 0 atom stereocenters. The van der Waals surface area contributed by atoms with E-state index in [2.05, 4.69) is 40.4 Å². The maximum Gasteiger partial charge on any atom is 0.341 e. The summed E-state index contributed by atoms with van der Waals surface area (Å²) in [4.78, 5) is 21.2. The number of anilines is 1. The fourth-order valence-corrected chi connectivity index (χ4v) is 3.41. The van der Waals surface area contributed by atoms with E-state index in [0.717, 1.165) is 22.3 Å². The molecule has 1 aromatic heterocycles. The topological polar surface area (TPSA) is 73.3 Å². The van der Waals surface area contributed by atoms with Crippen molar-refractivity contribution in [2.24, 2.45) is 0 Å². The molecule has 0 radical (unpaired) electrons. The van der Waals surface area contributed by atoms with Crippen molar-refractivity contribution in [3.63, 3.8) is 0 Å². The number of ether oxygens (including phenoxy) is 2. The zero-order valence-electron chi connectivity index (χ0n) is 18.6. The van der Waals surface area contributed by atoms with E-state index in [1.54, 1.807) is 24.5 Å². The lowest BCUT2D eigenvalue weighted by Gasteiger charge is -2.12. The van der Waals surface area contributed by atoms with Crippen LogP contribution in [0.4, 0.5) is 5.95 Å². The van der Waals surface area contributed by atoms with Crippen LogP contribution in [0.5, 0.6) is 5.75 Å². The molecule has 1 N–H and O–H groups in total. The Labute approximate surface area is 193 Å². The summed E-state index contributed by atoms with van der Waals surface area (Å²) >= 11 is 0. The molecular weight excluding hydrogens is 414 g/mol. The van der Waals surface area contributed by atoms with Gasteiger partial charge in [-0.25, -0.2) is 14.8 Å². The van der Waals surface area contributed by atoms with Crippen LogP contribution in [0, 0.1) is 6.92 Å². The summed E-state index contributed by atoms with van der Waals surface area (Å²) in [6, 6.07) is 23.5. The first-order chi connectivity index (χ1) is 16.1. The van der Waals surface area contributed by atoms with Crippen LogP contribution < -0.4 is 10.1 Å². The molecular formula is C27H25N3O3. The predicted octanol–water partition coefficient (Wildman–Crippen LogP) is 5.43. The molecule has 1 heterocycles. The molecule has 33 heavy (non-hydrogen) atoms. The first-order valence-electron chi connectivity index (χ1n) is 10.6. The zero-order chi connectivity index (χ0) is 23.0. The highest BCUT2D eigenvalue weighted by atomic mass is 16.5. The molecule has 4 rings (SSSR count). The van der Waals surface area contributed by atoms with Gasteiger partial charge in [0.15, 0.2) is 0 Å². The number of carbonyl (C=O) groups is 1. The largest absolute Gasteiger partial charge is 0.488 e. The van der Waals surface area contributed by atoms with Crippen molar-refractivity contribution in [2.45, 2.75) is 20.1 Å². The van der Waals surface area contributed by atoms with Crippen molar-refractivity contribution in [1.29, 1.82) is 0 Å². The molecule has 0 fully saturated rings. The molecule has 0 saturated carbocycles. The Morgan fingerprint density at radius 1 is 0.879 bits per heavy atom. The first-order valence-corrected chi connectivity index (χ1v) is 10.6. The minimum atomic E-state index is -0.461. The molecule has 0 saturated heterocycles. The highest BCUT2D eigenvalue weighted by Gasteiger charge is 2.15. The fraction of sp³-hybridized carbons (Fsp3) is 0.148. The summed E-state index contributed by atoms with van der Waals surface area (Å²) < 4.78 is 10.9. The average molecular weight is 440 g/mol. The molecule has 0 unspecified atom stereocenters. The van der Waals surface area contributed by atoms with E-state index in [1.165, 1.54) is 12.7 Å². The molecule has 166 valence electrons. The van der Waals surface area contributed by atoms with Gasteiger partial charge in [-0.05, 0) is 35.7 Å². The summed E-state index contributed by atoms with van der Waals surface area (Å²) in [5.74, 6) is 0.542. The van der Waals surface area contributed by atoms with Gasteiger partial charge in [-0.2, -0.15) is 0 Å². The fourth-order valence-electron chi connectivity index (χ4n) is 3.41. The SMILES string of the molecule is COC(=O)c1cc(-c2cnc(NCc3cccc(C)c3)nc2)ccc1OCc1ccccc1. The number of esters is 1. The minimum Gasteiger partial charge on any atom is -0.488 e. The first kappa shape index (κ1) is 22.0. The van der Waals surface area contributed by atoms with Gasteiger partial charge in [0.1, 0.15) is 17.9 Å². The summed E-state index contributed by atoms with van der Waals surface area (Å²) in [5, 5.41) is 3.23. The van der Waals surface area contributed by atoms with Crippen LogP contribution in [0.2, 0.25) is 0 Å². The third-order valence-electron chi connectivity index (χ3n) is 5.14. The minimum absolute atomic E-state index is 0.354. The number of hydrogen-bond acceptors (Lipinski definition) is 6. The van der Waals surface area contributed by atoms with Crippen LogP contribution in [-0.2, 0) is 17.9 Å². The standard InChI is InChI=1S/C27H25N3O3/c1-19-7-6-10-21(13-19)15-28-27-29-16-23(17-30-27)22-11-12-25(24(14-22)26(31)32-2)33-18-20-8-4-3-5-9-20/h3-14,16-17H,15,18H2,1-2H3,(H,28,29,30). The van der Waals surface area contributed by atoms with Gasteiger partial charge in [-0.15, -0.1) is 0 Å². The van der Waals surface area contributed by atoms with Crippen molar-refractivity contribution in [1.82, 2.24) is 9.97 Å². The number of hydrogen-bond donors (Lipinski definition) is 1. The summed E-state index contributed by atoms with van der Waals surface area (Å²) in [6.45, 7) is 3.06. The molecule has 0 bridgehead atoms. The maximum atomic E-state index is 12.4. The van der Waals surface area contributed by atoms with Gasteiger partial charge < -0.3 is 14.8 Å². The molecule has 4 aromatic rings. The van der Waals surface area contributed by atoms with E-state index in [9.17, 15) is 4.79 Å². The van der Waals surface area contributed by atoms with Crippen molar-refractivity contribution >= 4 is 11.9 Å². The third kappa shape index (κ3) is 5.74. The molecule has 0 amide bonds. The van der Waals surface area contributed by atoms with Crippen LogP contribution in [-0.4, -0.2) is 23.0 Å². The van der Waals surface area contributed by atoms with Crippen LogP contribution in [0.25, 0.3) is 11.1 Å². The second-order valence-corrected chi connectivity index (χ2v) is 7.61. The van der Waals surface area contributed by atoms with Crippen LogP contribution in [0.3, 0.4) is 0 Å². The molecule has 0 aliphatic rings. The number of nitrogens with one attached hydrogen (secondary N) is 1. The van der Waals surface area contributed by atoms with Gasteiger partial charge in [0.2, 0.25) is 5.95 Å². The Hall–Kier alpha value is -4.19. The predicted molar refractivity (Wildman–Crippen MR) is 128 cm³/mol. The number of rotatable bonds is 8. The molecule has 6 nitrogen and oxygen atoms in total. The van der Waals surface area contributed by atoms with Gasteiger partial charge in [-0.3, -0.25) is 0 Å². The molecule has 6 heteroatoms. The maximum absolute atomic E-state index is 12.4. The number of aryl methyl sites for hydroxylation is 1. The van der Waals surface area contributed by atoms with Crippen LogP contribution >= 0.6 is 0 Å². The zero-order valence-corrected chi connectivity index (χ0v) is 18.6. The Morgan fingerprint density at radius 3 is 2.36 bits per heavy atom. The van der Waals surface area contributed by atoms with Crippen molar-refractivity contribution < 1.29 is 14.3 Å². The number of aromatic nitrogens is 2. The second-order valence-electron chi connectivity index (χ2n) is 7.61. The third-order valence-corrected chi connectivity index (χ3v) is 5.14. The Balaban J connectivity index is 1.48. The van der Waals surface area contributed by atoms with Crippen LogP contribution in [0.15, 0.2) is 85.2 Å². The summed E-state index contributed by atoms with van der Waals surface area (Å²) in [7, 11) is 1.35. The van der Waals surface area contributed by atoms with Gasteiger partial charge in [0, 0.05) is 24.5 Å². The lowest BCUT2D eigenvalue weighted by Crippen LogP contribution is -2.06. The van der Waals surface area contributed by atoms with E-state index in [4.69, 9.17) is 9.47 Å². The van der Waals surface area contributed by atoms with Crippen molar-refractivity contribution in [3.05, 3.63) is 107 Å². The highest BCUT2D eigenvalue weighted by Crippen LogP contribution is 2.28. The summed E-state index contributed by atoms with van der Waals surface area (Å²) in [5.41, 5.74) is 5.33. The Kier molecular flexibility index (Phi) is 6.95. The quantitative estimate of drug-likeness (QED) is 0.369. The Bertz CT molecular complexity index is 1230. The van der Waals surface area contributed by atoms with E-state index >= 15 is 0 Å². The van der Waals surface area contributed by atoms with E-state index in [-0.39, 0.29) is 0 Å². The number of benzene rings is 3. The normalized spacial score (nSPS) is 10.5.